The minimum absolute atomic E-state index is 0.0328. The third kappa shape index (κ3) is 5.65. The number of nitrogens with zero attached hydrogens (tertiary/aromatic N) is 4. The SMILES string of the molecule is COc1ccc(-c2cc(-c3ccc(OC)cc3)n(-c3nc(-c4ccc(OC)c(OC)c4)cc(C(F)(F)F)n3)n2)cc1. The van der Waals surface area contributed by atoms with Gasteiger partial charge in [0.15, 0.2) is 17.2 Å². The van der Waals surface area contributed by atoms with Gasteiger partial charge in [0, 0.05) is 16.7 Å². The lowest BCUT2D eigenvalue weighted by Crippen LogP contribution is -2.14. The Hall–Kier alpha value is -5.06. The lowest BCUT2D eigenvalue weighted by molar-refractivity contribution is -0.141. The van der Waals surface area contributed by atoms with Crippen LogP contribution in [0.15, 0.2) is 78.9 Å². The zero-order valence-electron chi connectivity index (χ0n) is 22.6. The highest BCUT2D eigenvalue weighted by Crippen LogP contribution is 2.36. The van der Waals surface area contributed by atoms with Crippen LogP contribution in [0.5, 0.6) is 23.0 Å². The summed E-state index contributed by atoms with van der Waals surface area (Å²) in [4.78, 5) is 8.42. The topological polar surface area (TPSA) is 80.5 Å². The first-order valence-electron chi connectivity index (χ1n) is 12.3. The van der Waals surface area contributed by atoms with Crippen LogP contribution < -0.4 is 18.9 Å². The van der Waals surface area contributed by atoms with E-state index in [4.69, 9.17) is 18.9 Å². The van der Waals surface area contributed by atoms with E-state index in [9.17, 15) is 13.2 Å². The number of halogens is 3. The Balaban J connectivity index is 1.72. The maximum Gasteiger partial charge on any atom is 0.433 e. The molecule has 0 spiro atoms. The summed E-state index contributed by atoms with van der Waals surface area (Å²) in [6.45, 7) is 0. The molecule has 0 amide bonds. The van der Waals surface area contributed by atoms with Crippen molar-refractivity contribution in [3.63, 3.8) is 0 Å². The first-order valence-corrected chi connectivity index (χ1v) is 12.3. The summed E-state index contributed by atoms with van der Waals surface area (Å²) in [5, 5.41) is 4.65. The number of hydrogen-bond acceptors (Lipinski definition) is 7. The fraction of sp³-hybridized carbons (Fsp3) is 0.167. The molecule has 0 aliphatic heterocycles. The van der Waals surface area contributed by atoms with Gasteiger partial charge in [-0.05, 0) is 78.9 Å². The molecule has 5 aromatic rings. The Bertz CT molecular complexity index is 1670. The molecule has 2 aromatic heterocycles. The summed E-state index contributed by atoms with van der Waals surface area (Å²) < 4.78 is 64.7. The highest BCUT2D eigenvalue weighted by atomic mass is 19.4. The molecule has 0 aliphatic carbocycles. The van der Waals surface area contributed by atoms with Gasteiger partial charge in [0.1, 0.15) is 11.5 Å². The second-order valence-corrected chi connectivity index (χ2v) is 8.79. The van der Waals surface area contributed by atoms with Crippen LogP contribution in [0.3, 0.4) is 0 Å². The van der Waals surface area contributed by atoms with Crippen LogP contribution in [0.25, 0.3) is 39.7 Å². The molecule has 0 N–H and O–H groups in total. The van der Waals surface area contributed by atoms with Crippen molar-refractivity contribution in [1.29, 1.82) is 0 Å². The van der Waals surface area contributed by atoms with Gasteiger partial charge in [-0.1, -0.05) is 0 Å². The number of hydrogen-bond donors (Lipinski definition) is 0. The standard InChI is InChI=1S/C30H25F3N4O4/c1-38-21-10-5-18(6-11-21)24-16-25(19-7-12-22(39-2)13-8-19)37(36-24)29-34-23(17-28(35-29)30(31,32)33)20-9-14-26(40-3)27(15-20)41-4/h5-17H,1-4H3. The van der Waals surface area contributed by atoms with Crippen molar-refractivity contribution in [2.75, 3.05) is 28.4 Å². The molecule has 0 radical (unpaired) electrons. The molecule has 0 aliphatic rings. The molecule has 0 atom stereocenters. The predicted molar refractivity (Wildman–Crippen MR) is 147 cm³/mol. The van der Waals surface area contributed by atoms with Crippen molar-refractivity contribution in [2.45, 2.75) is 6.18 Å². The van der Waals surface area contributed by atoms with Gasteiger partial charge in [-0.25, -0.2) is 9.97 Å². The summed E-state index contributed by atoms with van der Waals surface area (Å²) in [6.07, 6.45) is -4.74. The molecular formula is C30H25F3N4O4. The third-order valence-corrected chi connectivity index (χ3v) is 6.35. The number of rotatable bonds is 8. The maximum absolute atomic E-state index is 14.1. The second-order valence-electron chi connectivity index (χ2n) is 8.79. The summed E-state index contributed by atoms with van der Waals surface area (Å²) >= 11 is 0. The van der Waals surface area contributed by atoms with E-state index in [1.807, 2.05) is 12.1 Å². The monoisotopic (exact) mass is 562 g/mol. The normalized spacial score (nSPS) is 11.3. The van der Waals surface area contributed by atoms with Crippen molar-refractivity contribution in [1.82, 2.24) is 19.7 Å². The van der Waals surface area contributed by atoms with E-state index in [1.165, 1.54) is 18.9 Å². The van der Waals surface area contributed by atoms with Gasteiger partial charge in [0.05, 0.1) is 45.5 Å². The van der Waals surface area contributed by atoms with E-state index < -0.39 is 11.9 Å². The summed E-state index contributed by atoms with van der Waals surface area (Å²) in [6, 6.07) is 21.7. The van der Waals surface area contributed by atoms with Gasteiger partial charge in [0.2, 0.25) is 0 Å². The van der Waals surface area contributed by atoms with Crippen LogP contribution in [0.1, 0.15) is 5.69 Å². The zero-order chi connectivity index (χ0) is 29.1. The first-order chi connectivity index (χ1) is 19.7. The van der Waals surface area contributed by atoms with Gasteiger partial charge in [-0.15, -0.1) is 0 Å². The fourth-order valence-electron chi connectivity index (χ4n) is 4.22. The van der Waals surface area contributed by atoms with Crippen molar-refractivity contribution in [3.8, 4) is 62.7 Å². The Morgan fingerprint density at radius 1 is 0.585 bits per heavy atom. The molecular weight excluding hydrogens is 537 g/mol. The lowest BCUT2D eigenvalue weighted by atomic mass is 10.1. The van der Waals surface area contributed by atoms with Crippen molar-refractivity contribution < 1.29 is 32.1 Å². The molecule has 11 heteroatoms. The van der Waals surface area contributed by atoms with E-state index in [2.05, 4.69) is 15.1 Å². The van der Waals surface area contributed by atoms with E-state index >= 15 is 0 Å². The zero-order valence-corrected chi connectivity index (χ0v) is 22.6. The third-order valence-electron chi connectivity index (χ3n) is 6.35. The summed E-state index contributed by atoms with van der Waals surface area (Å²) in [5.74, 6) is 1.80. The predicted octanol–water partition coefficient (Wildman–Crippen LogP) is 6.72. The van der Waals surface area contributed by atoms with Crippen molar-refractivity contribution >= 4 is 0 Å². The van der Waals surface area contributed by atoms with Gasteiger partial charge >= 0.3 is 6.18 Å². The summed E-state index contributed by atoms with van der Waals surface area (Å²) in [7, 11) is 6.03. The molecule has 2 heterocycles. The van der Waals surface area contributed by atoms with E-state index in [0.29, 0.717) is 45.5 Å². The van der Waals surface area contributed by atoms with Crippen molar-refractivity contribution in [3.05, 3.63) is 84.6 Å². The van der Waals surface area contributed by atoms with Crippen LogP contribution >= 0.6 is 0 Å². The maximum atomic E-state index is 14.1. The fourth-order valence-corrected chi connectivity index (χ4v) is 4.22. The molecule has 0 saturated carbocycles. The largest absolute Gasteiger partial charge is 0.497 e. The van der Waals surface area contributed by atoms with Crippen LogP contribution in [0.4, 0.5) is 13.2 Å². The number of benzene rings is 3. The Kier molecular flexibility index (Phi) is 7.52. The quantitative estimate of drug-likeness (QED) is 0.208. The van der Waals surface area contributed by atoms with E-state index in [1.54, 1.807) is 74.9 Å². The Morgan fingerprint density at radius 3 is 1.73 bits per heavy atom. The number of ether oxygens (including phenoxy) is 4. The highest BCUT2D eigenvalue weighted by molar-refractivity contribution is 5.71. The smallest absolute Gasteiger partial charge is 0.433 e. The van der Waals surface area contributed by atoms with Crippen molar-refractivity contribution in [2.24, 2.45) is 0 Å². The molecule has 41 heavy (non-hydrogen) atoms. The average molecular weight is 563 g/mol. The molecule has 0 unspecified atom stereocenters. The van der Waals surface area contributed by atoms with Gasteiger partial charge in [0.25, 0.3) is 5.95 Å². The van der Waals surface area contributed by atoms with E-state index in [0.717, 1.165) is 11.6 Å². The van der Waals surface area contributed by atoms with Gasteiger partial charge in [-0.2, -0.15) is 23.0 Å². The van der Waals surface area contributed by atoms with Gasteiger partial charge < -0.3 is 18.9 Å². The minimum atomic E-state index is -4.74. The van der Waals surface area contributed by atoms with Gasteiger partial charge in [-0.3, -0.25) is 0 Å². The minimum Gasteiger partial charge on any atom is -0.497 e. The van der Waals surface area contributed by atoms with E-state index in [-0.39, 0.29) is 11.6 Å². The van der Waals surface area contributed by atoms with Crippen LogP contribution in [-0.2, 0) is 6.18 Å². The Labute approximate surface area is 233 Å². The molecule has 0 bridgehead atoms. The molecule has 0 fully saturated rings. The van der Waals surface area contributed by atoms with Crippen LogP contribution in [0.2, 0.25) is 0 Å². The first kappa shape index (κ1) is 27.5. The number of alkyl halides is 3. The Morgan fingerprint density at radius 2 is 1.17 bits per heavy atom. The van der Waals surface area contributed by atoms with Crippen LogP contribution in [-0.4, -0.2) is 48.2 Å². The molecule has 8 nitrogen and oxygen atoms in total. The molecule has 0 saturated heterocycles. The molecule has 5 rings (SSSR count). The average Bonchev–Trinajstić information content (AvgIpc) is 3.45. The summed E-state index contributed by atoms with van der Waals surface area (Å²) in [5.41, 5.74) is 1.69. The molecule has 3 aromatic carbocycles. The number of aromatic nitrogens is 4. The number of methoxy groups -OCH3 is 4. The molecule has 210 valence electrons. The highest BCUT2D eigenvalue weighted by Gasteiger charge is 2.34. The van der Waals surface area contributed by atoms with Crippen LogP contribution in [0, 0.1) is 0 Å². The second kappa shape index (κ2) is 11.2. The lowest BCUT2D eigenvalue weighted by Gasteiger charge is -2.14.